The number of hydrogen-bond acceptors (Lipinski definition) is 4. The summed E-state index contributed by atoms with van der Waals surface area (Å²) in [6, 6.07) is 0. The van der Waals surface area contributed by atoms with Crippen LogP contribution in [-0.2, 0) is 14.3 Å². The van der Waals surface area contributed by atoms with Crippen LogP contribution in [0, 0.1) is 0 Å². The summed E-state index contributed by atoms with van der Waals surface area (Å²) in [6.07, 6.45) is 0.331. The summed E-state index contributed by atoms with van der Waals surface area (Å²) in [7, 11) is 0. The maximum Gasteiger partial charge on any atom is 0.408 e. The molecule has 0 radical (unpaired) electrons. The van der Waals surface area contributed by atoms with Crippen LogP contribution in [0.25, 0.3) is 0 Å². The Morgan fingerprint density at radius 3 is 2.37 bits per heavy atom. The topological polar surface area (TPSA) is 84.9 Å². The second-order valence-electron chi connectivity index (χ2n) is 5.96. The molecular weight excluding hydrogens is 250 g/mol. The lowest BCUT2D eigenvalue weighted by Crippen LogP contribution is -2.61. The Morgan fingerprint density at radius 1 is 1.37 bits per heavy atom. The largest absolute Gasteiger partial charge is 0.481 e. The van der Waals surface area contributed by atoms with Crippen LogP contribution >= 0.6 is 0 Å². The zero-order valence-electron chi connectivity index (χ0n) is 12.0. The molecule has 110 valence electrons. The fourth-order valence-corrected chi connectivity index (χ4v) is 2.27. The first-order chi connectivity index (χ1) is 8.66. The predicted molar refractivity (Wildman–Crippen MR) is 69.0 cm³/mol. The molecule has 1 saturated carbocycles. The normalized spacial score (nSPS) is 26.4. The van der Waals surface area contributed by atoms with E-state index in [1.54, 1.807) is 20.8 Å². The van der Waals surface area contributed by atoms with Gasteiger partial charge in [0.15, 0.2) is 0 Å². The third kappa shape index (κ3) is 5.06. The average Bonchev–Trinajstić information content (AvgIpc) is 2.10. The van der Waals surface area contributed by atoms with Gasteiger partial charge >= 0.3 is 12.1 Å². The summed E-state index contributed by atoms with van der Waals surface area (Å²) in [5, 5.41) is 11.6. The van der Waals surface area contributed by atoms with Crippen molar-refractivity contribution in [1.29, 1.82) is 0 Å². The third-order valence-electron chi connectivity index (χ3n) is 2.89. The van der Waals surface area contributed by atoms with Crippen LogP contribution in [0.15, 0.2) is 0 Å². The van der Waals surface area contributed by atoms with Gasteiger partial charge in [0.1, 0.15) is 5.60 Å². The molecule has 0 aromatic rings. The fourth-order valence-electron chi connectivity index (χ4n) is 2.27. The second-order valence-corrected chi connectivity index (χ2v) is 5.96. The van der Waals surface area contributed by atoms with Gasteiger partial charge in [-0.3, -0.25) is 4.79 Å². The number of ether oxygens (including phenoxy) is 2. The molecule has 0 unspecified atom stereocenters. The van der Waals surface area contributed by atoms with E-state index in [2.05, 4.69) is 5.32 Å². The Kier molecular flexibility index (Phi) is 4.79. The van der Waals surface area contributed by atoms with E-state index >= 15 is 0 Å². The summed E-state index contributed by atoms with van der Waals surface area (Å²) >= 11 is 0. The van der Waals surface area contributed by atoms with Gasteiger partial charge in [-0.15, -0.1) is 0 Å². The molecule has 1 aliphatic carbocycles. The monoisotopic (exact) mass is 273 g/mol. The number of amides is 1. The molecule has 1 amide bonds. The molecule has 0 spiro atoms. The lowest BCUT2D eigenvalue weighted by Gasteiger charge is -2.46. The minimum Gasteiger partial charge on any atom is -0.481 e. The zero-order chi connectivity index (χ0) is 14.7. The number of nitrogens with one attached hydrogen (secondary N) is 1. The molecule has 2 N–H and O–H groups in total. The number of hydrogen-bond donors (Lipinski definition) is 2. The Bertz CT molecular complexity index is 341. The lowest BCUT2D eigenvalue weighted by atomic mass is 9.72. The quantitative estimate of drug-likeness (QED) is 0.799. The van der Waals surface area contributed by atoms with Crippen LogP contribution in [0.2, 0.25) is 0 Å². The summed E-state index contributed by atoms with van der Waals surface area (Å²) in [5.74, 6) is -0.939. The van der Waals surface area contributed by atoms with Gasteiger partial charge < -0.3 is 19.9 Å². The van der Waals surface area contributed by atoms with Gasteiger partial charge in [0.2, 0.25) is 0 Å². The van der Waals surface area contributed by atoms with Gasteiger partial charge in [0, 0.05) is 6.61 Å². The molecule has 0 aromatic heterocycles. The molecule has 0 heterocycles. The number of carboxylic acid groups (broad SMARTS) is 1. The third-order valence-corrected chi connectivity index (χ3v) is 2.89. The molecule has 1 aliphatic rings. The molecule has 0 atom stereocenters. The number of carbonyl (C=O) groups excluding carboxylic acids is 1. The molecule has 1 fully saturated rings. The zero-order valence-corrected chi connectivity index (χ0v) is 12.0. The first-order valence-electron chi connectivity index (χ1n) is 6.50. The number of carboxylic acids is 1. The summed E-state index contributed by atoms with van der Waals surface area (Å²) in [5.41, 5.74) is -1.34. The van der Waals surface area contributed by atoms with Crippen LogP contribution in [0.5, 0.6) is 0 Å². The molecule has 6 nitrogen and oxygen atoms in total. The summed E-state index contributed by atoms with van der Waals surface area (Å²) in [4.78, 5) is 22.7. The van der Waals surface area contributed by atoms with Crippen LogP contribution in [0.3, 0.4) is 0 Å². The van der Waals surface area contributed by atoms with Crippen molar-refractivity contribution in [1.82, 2.24) is 5.32 Å². The SMILES string of the molecule is CCOC1CC(CC(=O)O)(NC(=O)OC(C)(C)C)C1. The van der Waals surface area contributed by atoms with E-state index < -0.39 is 23.2 Å². The molecule has 0 aliphatic heterocycles. The second kappa shape index (κ2) is 5.77. The highest BCUT2D eigenvalue weighted by atomic mass is 16.6. The van der Waals surface area contributed by atoms with Crippen LogP contribution in [0.4, 0.5) is 4.79 Å². The molecule has 6 heteroatoms. The van der Waals surface area contributed by atoms with Crippen molar-refractivity contribution in [3.05, 3.63) is 0 Å². The van der Waals surface area contributed by atoms with E-state index in [1.807, 2.05) is 6.92 Å². The van der Waals surface area contributed by atoms with E-state index in [1.165, 1.54) is 0 Å². The van der Waals surface area contributed by atoms with Gasteiger partial charge in [-0.1, -0.05) is 0 Å². The molecule has 0 saturated heterocycles. The smallest absolute Gasteiger partial charge is 0.408 e. The minimum atomic E-state index is -0.939. The van der Waals surface area contributed by atoms with E-state index in [0.29, 0.717) is 19.4 Å². The Balaban J connectivity index is 2.57. The van der Waals surface area contributed by atoms with Crippen molar-refractivity contribution in [3.63, 3.8) is 0 Å². The predicted octanol–water partition coefficient (Wildman–Crippen LogP) is 1.92. The van der Waals surface area contributed by atoms with Crippen LogP contribution < -0.4 is 5.32 Å². The van der Waals surface area contributed by atoms with E-state index in [-0.39, 0.29) is 12.5 Å². The summed E-state index contributed by atoms with van der Waals surface area (Å²) < 4.78 is 10.6. The minimum absolute atomic E-state index is 0.0132. The van der Waals surface area contributed by atoms with Crippen molar-refractivity contribution in [3.8, 4) is 0 Å². The standard InChI is InChI=1S/C13H23NO5/c1-5-18-9-6-13(7-9,8-10(15)16)14-11(17)19-12(2,3)4/h9H,5-8H2,1-4H3,(H,14,17)(H,15,16). The highest BCUT2D eigenvalue weighted by molar-refractivity contribution is 5.73. The van der Waals surface area contributed by atoms with Crippen molar-refractivity contribution in [2.24, 2.45) is 0 Å². The van der Waals surface area contributed by atoms with Crippen LogP contribution in [0.1, 0.15) is 47.0 Å². The number of rotatable bonds is 5. The van der Waals surface area contributed by atoms with Gasteiger partial charge in [-0.05, 0) is 40.5 Å². The molecule has 1 rings (SSSR count). The Morgan fingerprint density at radius 2 is 1.95 bits per heavy atom. The van der Waals surface area contributed by atoms with E-state index in [0.717, 1.165) is 0 Å². The van der Waals surface area contributed by atoms with Crippen molar-refractivity contribution in [2.75, 3.05) is 6.61 Å². The average molecular weight is 273 g/mol. The highest BCUT2D eigenvalue weighted by Gasteiger charge is 2.48. The number of aliphatic carboxylic acids is 1. The van der Waals surface area contributed by atoms with E-state index in [9.17, 15) is 9.59 Å². The first-order valence-corrected chi connectivity index (χ1v) is 6.50. The maximum atomic E-state index is 11.7. The van der Waals surface area contributed by atoms with Gasteiger partial charge in [0.25, 0.3) is 0 Å². The fraction of sp³-hybridized carbons (Fsp3) is 0.846. The maximum absolute atomic E-state index is 11.7. The molecule has 19 heavy (non-hydrogen) atoms. The molecule has 0 bridgehead atoms. The van der Waals surface area contributed by atoms with Gasteiger partial charge in [-0.25, -0.2) is 4.79 Å². The molecule has 0 aromatic carbocycles. The summed E-state index contributed by atoms with van der Waals surface area (Å²) in [6.45, 7) is 7.76. The Labute approximate surface area is 113 Å². The van der Waals surface area contributed by atoms with Gasteiger partial charge in [0.05, 0.1) is 18.1 Å². The first kappa shape index (κ1) is 15.8. The lowest BCUT2D eigenvalue weighted by molar-refractivity contribution is -0.142. The van der Waals surface area contributed by atoms with Crippen molar-refractivity contribution < 1.29 is 24.2 Å². The van der Waals surface area contributed by atoms with Crippen LogP contribution in [-0.4, -0.2) is 41.0 Å². The van der Waals surface area contributed by atoms with Crippen molar-refractivity contribution in [2.45, 2.75) is 64.2 Å². The number of alkyl carbamates (subject to hydrolysis) is 1. The number of carbonyl (C=O) groups is 2. The molecular formula is C13H23NO5. The Hall–Kier alpha value is -1.30. The highest BCUT2D eigenvalue weighted by Crippen LogP contribution is 2.37. The van der Waals surface area contributed by atoms with Gasteiger partial charge in [-0.2, -0.15) is 0 Å². The van der Waals surface area contributed by atoms with E-state index in [4.69, 9.17) is 14.6 Å². The van der Waals surface area contributed by atoms with Crippen molar-refractivity contribution >= 4 is 12.1 Å².